The number of hydrogen-bond acceptors (Lipinski definition) is 3. The number of primary amides is 1. The van der Waals surface area contributed by atoms with Crippen LogP contribution in [0.1, 0.15) is 12.8 Å². The highest BCUT2D eigenvalue weighted by atomic mass is 32.2. The molecule has 4 unspecified atom stereocenters. The molecule has 0 saturated carbocycles. The molecule has 2 fully saturated rings. The molecule has 0 aromatic rings. The fourth-order valence-electron chi connectivity index (χ4n) is 2.35. The van der Waals surface area contributed by atoms with Gasteiger partial charge < -0.3 is 10.8 Å². The van der Waals surface area contributed by atoms with Gasteiger partial charge in [-0.3, -0.25) is 9.59 Å². The molecule has 2 rings (SSSR count). The zero-order valence-electron chi connectivity index (χ0n) is 6.97. The minimum absolute atomic E-state index is 0.111. The molecular weight excluding hydrogens is 190 g/mol. The van der Waals surface area contributed by atoms with Crippen LogP contribution < -0.4 is 5.73 Å². The summed E-state index contributed by atoms with van der Waals surface area (Å²) in [5.74, 6) is -2.31. The summed E-state index contributed by atoms with van der Waals surface area (Å²) in [7, 11) is 0. The van der Waals surface area contributed by atoms with E-state index >= 15 is 0 Å². The summed E-state index contributed by atoms with van der Waals surface area (Å²) in [4.78, 5) is 21.9. The summed E-state index contributed by atoms with van der Waals surface area (Å²) in [6, 6.07) is 0. The molecule has 0 aromatic carbocycles. The van der Waals surface area contributed by atoms with Crippen LogP contribution in [0.5, 0.6) is 0 Å². The lowest BCUT2D eigenvalue weighted by Crippen LogP contribution is -2.41. The zero-order chi connectivity index (χ0) is 9.59. The molecule has 1 amide bonds. The van der Waals surface area contributed by atoms with Crippen molar-refractivity contribution in [3.05, 3.63) is 0 Å². The Kier molecular flexibility index (Phi) is 1.98. The van der Waals surface area contributed by atoms with Crippen molar-refractivity contribution in [1.29, 1.82) is 0 Å². The summed E-state index contributed by atoms with van der Waals surface area (Å²) < 4.78 is 0. The first-order chi connectivity index (χ1) is 6.11. The summed E-state index contributed by atoms with van der Waals surface area (Å²) in [5.41, 5.74) is 5.20. The summed E-state index contributed by atoms with van der Waals surface area (Å²) in [6.45, 7) is 0. The Labute approximate surface area is 79.9 Å². The molecule has 4 nitrogen and oxygen atoms in total. The summed E-state index contributed by atoms with van der Waals surface area (Å²) in [6.07, 6.45) is 1.85. The number of hydrogen-bond donors (Lipinski definition) is 2. The third kappa shape index (κ3) is 1.22. The number of rotatable bonds is 2. The maximum absolute atomic E-state index is 11.1. The van der Waals surface area contributed by atoms with E-state index in [4.69, 9.17) is 10.8 Å². The van der Waals surface area contributed by atoms with Crippen LogP contribution in [0.25, 0.3) is 0 Å². The van der Waals surface area contributed by atoms with E-state index < -0.39 is 23.7 Å². The highest BCUT2D eigenvalue weighted by molar-refractivity contribution is 8.01. The molecule has 13 heavy (non-hydrogen) atoms. The van der Waals surface area contributed by atoms with Crippen molar-refractivity contribution in [3.8, 4) is 0 Å². The van der Waals surface area contributed by atoms with Gasteiger partial charge in [0.1, 0.15) is 0 Å². The largest absolute Gasteiger partial charge is 0.481 e. The van der Waals surface area contributed by atoms with E-state index in [0.29, 0.717) is 0 Å². The molecular formula is C8H11NO3S. The standard InChI is InChI=1S/C8H11NO3S/c9-7(10)5-3-1-2-4(13-3)6(5)8(11)12/h3-6H,1-2H2,(H2,9,10)(H,11,12). The molecule has 0 radical (unpaired) electrons. The van der Waals surface area contributed by atoms with Gasteiger partial charge in [-0.15, -0.1) is 0 Å². The second-order valence-electron chi connectivity index (χ2n) is 3.58. The summed E-state index contributed by atoms with van der Waals surface area (Å²) in [5, 5.41) is 9.20. The van der Waals surface area contributed by atoms with Gasteiger partial charge in [0.2, 0.25) is 5.91 Å². The van der Waals surface area contributed by atoms with Gasteiger partial charge in [-0.1, -0.05) is 0 Å². The molecule has 2 aliphatic heterocycles. The van der Waals surface area contributed by atoms with Crippen LogP contribution in [0.3, 0.4) is 0 Å². The van der Waals surface area contributed by atoms with E-state index in [1.807, 2.05) is 0 Å². The number of carboxylic acid groups (broad SMARTS) is 1. The van der Waals surface area contributed by atoms with Gasteiger partial charge in [0.25, 0.3) is 0 Å². The fraction of sp³-hybridized carbons (Fsp3) is 0.750. The van der Waals surface area contributed by atoms with Crippen molar-refractivity contribution in [2.45, 2.75) is 23.3 Å². The first-order valence-electron chi connectivity index (χ1n) is 4.29. The lowest BCUT2D eigenvalue weighted by molar-refractivity contribution is -0.146. The number of amides is 1. The van der Waals surface area contributed by atoms with Gasteiger partial charge in [-0.05, 0) is 12.8 Å². The Bertz CT molecular complexity index is 242. The molecule has 2 aliphatic rings. The quantitative estimate of drug-likeness (QED) is 0.662. The maximum atomic E-state index is 11.1. The van der Waals surface area contributed by atoms with E-state index in [-0.39, 0.29) is 10.5 Å². The van der Waals surface area contributed by atoms with Crippen LogP contribution in [0.4, 0.5) is 0 Å². The highest BCUT2D eigenvalue weighted by Gasteiger charge is 2.54. The lowest BCUT2D eigenvalue weighted by Gasteiger charge is -2.23. The predicted molar refractivity (Wildman–Crippen MR) is 48.2 cm³/mol. The Morgan fingerprint density at radius 2 is 1.77 bits per heavy atom. The average molecular weight is 201 g/mol. The first kappa shape index (κ1) is 8.87. The van der Waals surface area contributed by atoms with Crippen molar-refractivity contribution in [1.82, 2.24) is 0 Å². The number of carbonyl (C=O) groups is 2. The molecule has 3 N–H and O–H groups in total. The minimum atomic E-state index is -0.872. The van der Waals surface area contributed by atoms with Gasteiger partial charge in [0, 0.05) is 10.5 Å². The molecule has 2 heterocycles. The van der Waals surface area contributed by atoms with Crippen LogP contribution in [0, 0.1) is 11.8 Å². The highest BCUT2D eigenvalue weighted by Crippen LogP contribution is 2.52. The molecule has 2 saturated heterocycles. The third-order valence-corrected chi connectivity index (χ3v) is 4.64. The van der Waals surface area contributed by atoms with Crippen molar-refractivity contribution >= 4 is 23.6 Å². The Balaban J connectivity index is 2.24. The maximum Gasteiger partial charge on any atom is 0.308 e. The fourth-order valence-corrected chi connectivity index (χ4v) is 4.27. The van der Waals surface area contributed by atoms with Gasteiger partial charge in [0.05, 0.1) is 11.8 Å². The molecule has 4 atom stereocenters. The Hall–Kier alpha value is -0.710. The van der Waals surface area contributed by atoms with E-state index in [1.165, 1.54) is 0 Å². The van der Waals surface area contributed by atoms with Crippen LogP contribution >= 0.6 is 11.8 Å². The number of nitrogens with two attached hydrogens (primary N) is 1. The van der Waals surface area contributed by atoms with Gasteiger partial charge in [0.15, 0.2) is 0 Å². The van der Waals surface area contributed by atoms with Crippen molar-refractivity contribution in [2.75, 3.05) is 0 Å². The van der Waals surface area contributed by atoms with E-state index in [9.17, 15) is 9.59 Å². The number of fused-ring (bicyclic) bond motifs is 2. The number of thioether (sulfide) groups is 1. The van der Waals surface area contributed by atoms with Crippen LogP contribution in [-0.4, -0.2) is 27.5 Å². The zero-order valence-corrected chi connectivity index (χ0v) is 7.79. The SMILES string of the molecule is NC(=O)C1C2CCC(S2)C1C(=O)O. The molecule has 0 aliphatic carbocycles. The first-order valence-corrected chi connectivity index (χ1v) is 5.23. The Morgan fingerprint density at radius 3 is 2.15 bits per heavy atom. The minimum Gasteiger partial charge on any atom is -0.481 e. The molecule has 5 heteroatoms. The monoisotopic (exact) mass is 201 g/mol. The third-order valence-electron chi connectivity index (χ3n) is 2.89. The smallest absolute Gasteiger partial charge is 0.308 e. The normalized spacial score (nSPS) is 42.2. The molecule has 2 bridgehead atoms. The second-order valence-corrected chi connectivity index (χ2v) is 5.07. The number of aliphatic carboxylic acids is 1. The van der Waals surface area contributed by atoms with E-state index in [0.717, 1.165) is 12.8 Å². The van der Waals surface area contributed by atoms with Crippen LogP contribution in [0.2, 0.25) is 0 Å². The lowest BCUT2D eigenvalue weighted by atomic mass is 9.79. The van der Waals surface area contributed by atoms with Gasteiger partial charge in [-0.2, -0.15) is 11.8 Å². The van der Waals surface area contributed by atoms with Crippen LogP contribution in [-0.2, 0) is 9.59 Å². The number of carbonyl (C=O) groups excluding carboxylic acids is 1. The van der Waals surface area contributed by atoms with Gasteiger partial charge >= 0.3 is 5.97 Å². The Morgan fingerprint density at radius 1 is 1.23 bits per heavy atom. The molecule has 72 valence electrons. The van der Waals surface area contributed by atoms with Crippen LogP contribution in [0.15, 0.2) is 0 Å². The molecule has 0 spiro atoms. The number of carboxylic acids is 1. The predicted octanol–water partition coefficient (Wildman–Crippen LogP) is 0.0665. The topological polar surface area (TPSA) is 80.4 Å². The average Bonchev–Trinajstić information content (AvgIpc) is 2.60. The van der Waals surface area contributed by atoms with Gasteiger partial charge in [-0.25, -0.2) is 0 Å². The van der Waals surface area contributed by atoms with Crippen molar-refractivity contribution in [2.24, 2.45) is 17.6 Å². The van der Waals surface area contributed by atoms with Crippen molar-refractivity contribution in [3.63, 3.8) is 0 Å². The van der Waals surface area contributed by atoms with Crippen molar-refractivity contribution < 1.29 is 14.7 Å². The second kappa shape index (κ2) is 2.90. The van der Waals surface area contributed by atoms with E-state index in [1.54, 1.807) is 11.8 Å². The molecule has 0 aromatic heterocycles. The van der Waals surface area contributed by atoms with E-state index in [2.05, 4.69) is 0 Å². The summed E-state index contributed by atoms with van der Waals surface area (Å²) >= 11 is 1.62.